The van der Waals surface area contributed by atoms with Crippen LogP contribution in [0.15, 0.2) is 46.4 Å². The predicted octanol–water partition coefficient (Wildman–Crippen LogP) is 5.91. The summed E-state index contributed by atoms with van der Waals surface area (Å²) in [5.41, 5.74) is 17.5. The van der Waals surface area contributed by atoms with E-state index in [0.29, 0.717) is 39.3 Å². The molecule has 6 heterocycles. The maximum atomic E-state index is 13.7. The Labute approximate surface area is 335 Å². The lowest BCUT2D eigenvalue weighted by atomic mass is 10.0. The highest BCUT2D eigenvalue weighted by molar-refractivity contribution is 8.15. The zero-order valence-electron chi connectivity index (χ0n) is 31.0. The third-order valence-corrected chi connectivity index (χ3v) is 14.4. The number of nitrogen functional groups attached to an aromatic ring is 2. The van der Waals surface area contributed by atoms with Gasteiger partial charge in [0, 0.05) is 97.8 Å². The Morgan fingerprint density at radius 3 is 1.52 bits per heavy atom. The average Bonchev–Trinajstić information content (AvgIpc) is 3.99. The molecule has 2 aromatic carbocycles. The molecule has 4 atom stereocenters. The molecule has 0 radical (unpaired) electrons. The molecule has 2 aromatic heterocycles. The summed E-state index contributed by atoms with van der Waals surface area (Å²) >= 11 is 16.0. The topological polar surface area (TPSA) is 138 Å². The number of aromatic amines is 2. The fraction of sp³-hybridized carbons (Fsp3) is 0.513. The van der Waals surface area contributed by atoms with Crippen LogP contribution in [-0.2, 0) is 4.79 Å². The highest BCUT2D eigenvalue weighted by atomic mass is 35.5. The van der Waals surface area contributed by atoms with Crippen molar-refractivity contribution in [1.29, 1.82) is 0 Å². The number of nitrogens with one attached hydrogen (secondary N) is 2. The second-order valence-corrected chi connectivity index (χ2v) is 18.1. The number of carbonyl (C=O) groups excluding carboxylic acids is 1. The van der Waals surface area contributed by atoms with Gasteiger partial charge < -0.3 is 31.2 Å². The zero-order valence-corrected chi connectivity index (χ0v) is 34.1. The van der Waals surface area contributed by atoms with Gasteiger partial charge in [0.1, 0.15) is 10.1 Å². The second kappa shape index (κ2) is 16.4. The van der Waals surface area contributed by atoms with Crippen molar-refractivity contribution in [2.24, 2.45) is 9.98 Å². The Morgan fingerprint density at radius 2 is 1.11 bits per heavy atom. The summed E-state index contributed by atoms with van der Waals surface area (Å²) in [6.45, 7) is 13.9. The Kier molecular flexibility index (Phi) is 11.6. The van der Waals surface area contributed by atoms with Crippen LogP contribution in [0.3, 0.4) is 0 Å². The summed E-state index contributed by atoms with van der Waals surface area (Å²) in [5, 5.41) is 5.41. The van der Waals surface area contributed by atoms with Crippen molar-refractivity contribution < 1.29 is 4.79 Å². The molecule has 0 amide bonds. The smallest absolute Gasteiger partial charge is 0.166 e. The van der Waals surface area contributed by atoms with Crippen molar-refractivity contribution in [3.05, 3.63) is 57.8 Å². The van der Waals surface area contributed by atoms with Crippen LogP contribution >= 0.6 is 46.7 Å². The third kappa shape index (κ3) is 8.34. The molecule has 54 heavy (non-hydrogen) atoms. The fourth-order valence-electron chi connectivity index (χ4n) is 8.24. The molecule has 2 unspecified atom stereocenters. The molecular weight excluding hydrogens is 760 g/mol. The number of nitrogens with two attached hydrogens (primary N) is 2. The van der Waals surface area contributed by atoms with Crippen molar-refractivity contribution >= 4 is 95.8 Å². The molecule has 15 heteroatoms. The number of ketones is 1. The molecule has 8 rings (SSSR count). The van der Waals surface area contributed by atoms with Crippen LogP contribution in [0.25, 0.3) is 21.8 Å². The van der Waals surface area contributed by atoms with Crippen molar-refractivity contribution in [2.75, 3.05) is 88.4 Å². The van der Waals surface area contributed by atoms with Crippen molar-refractivity contribution in [1.82, 2.24) is 29.6 Å². The predicted molar refractivity (Wildman–Crippen MR) is 230 cm³/mol. The quantitative estimate of drug-likeness (QED) is 0.129. The van der Waals surface area contributed by atoms with Crippen LogP contribution in [0.4, 0.5) is 11.4 Å². The molecule has 4 aliphatic rings. The van der Waals surface area contributed by atoms with E-state index in [2.05, 4.69) is 55.5 Å². The normalized spacial score (nSPS) is 23.3. The highest BCUT2D eigenvalue weighted by Crippen LogP contribution is 2.32. The minimum absolute atomic E-state index is 0.0728. The first kappa shape index (κ1) is 38.1. The number of hydrogen-bond acceptors (Lipinski definition) is 11. The Balaban J connectivity index is 0.742. The van der Waals surface area contributed by atoms with Gasteiger partial charge in [-0.2, -0.15) is 0 Å². The Bertz CT molecular complexity index is 1920. The SMILES string of the molecule is CC(C(=O)C(C)N1CCN(CC[C@H]2CSC(c3cc4cc(Cl)cc(N)c4[nH]3)=N2)CC1)N1CCN(CC[C@H]2CSC(c3cc4cc(Cl)cc(N)c4[nH]3)=N2)CC1. The first-order valence-corrected chi connectivity index (χ1v) is 21.8. The van der Waals surface area contributed by atoms with E-state index >= 15 is 0 Å². The molecule has 2 fully saturated rings. The largest absolute Gasteiger partial charge is 0.397 e. The molecule has 2 saturated heterocycles. The molecule has 0 saturated carbocycles. The molecule has 0 bridgehead atoms. The van der Waals surface area contributed by atoms with Gasteiger partial charge in [0.15, 0.2) is 5.78 Å². The number of halogens is 2. The van der Waals surface area contributed by atoms with E-state index in [1.54, 1.807) is 35.7 Å². The number of aromatic nitrogens is 2. The van der Waals surface area contributed by atoms with Gasteiger partial charge in [-0.05, 0) is 63.1 Å². The Hall–Kier alpha value is -2.75. The van der Waals surface area contributed by atoms with Crippen molar-refractivity contribution in [2.45, 2.75) is 50.9 Å². The number of thioether (sulfide) groups is 2. The number of benzene rings is 2. The van der Waals surface area contributed by atoms with Crippen LogP contribution in [0.2, 0.25) is 10.0 Å². The molecule has 11 nitrogen and oxygen atoms in total. The van der Waals surface area contributed by atoms with Crippen LogP contribution in [-0.4, -0.2) is 147 Å². The summed E-state index contributed by atoms with van der Waals surface area (Å²) in [6.07, 6.45) is 2.07. The molecular formula is C39H50Cl2N10OS2. The standard InChI is InChI=1S/C39H50Cl2N10OS2/c1-23(50-11-7-48(8-12-50)5-3-29-21-53-38(44-29)33-17-25-15-27(40)19-31(42)35(25)46-33)37(52)24(2)51-13-9-49(10-14-51)6-4-30-22-54-39(45-30)34-18-26-16-28(41)20-32(43)36(26)47-34/h15-20,23-24,29-30,46-47H,3-14,21-22,42-43H2,1-2H3/t23?,24?,29-,30-/m0/s1. The van der Waals surface area contributed by atoms with Crippen LogP contribution in [0.5, 0.6) is 0 Å². The summed E-state index contributed by atoms with van der Waals surface area (Å²) in [6, 6.07) is 12.1. The van der Waals surface area contributed by atoms with Crippen molar-refractivity contribution in [3.8, 4) is 0 Å². The van der Waals surface area contributed by atoms with E-state index in [1.807, 2.05) is 12.1 Å². The van der Waals surface area contributed by atoms with Crippen molar-refractivity contribution in [3.63, 3.8) is 0 Å². The number of carbonyl (C=O) groups is 1. The van der Waals surface area contributed by atoms with Gasteiger partial charge in [0.2, 0.25) is 0 Å². The van der Waals surface area contributed by atoms with Gasteiger partial charge in [-0.3, -0.25) is 24.6 Å². The van der Waals surface area contributed by atoms with Gasteiger partial charge >= 0.3 is 0 Å². The van der Waals surface area contributed by atoms with Gasteiger partial charge in [0.05, 0.1) is 58.0 Å². The number of rotatable bonds is 12. The number of anilines is 2. The fourth-order valence-corrected chi connectivity index (χ4v) is 10.9. The maximum Gasteiger partial charge on any atom is 0.166 e. The number of aliphatic imine (C=N–C) groups is 2. The van der Waals surface area contributed by atoms with E-state index in [4.69, 9.17) is 44.7 Å². The minimum atomic E-state index is -0.0728. The number of fused-ring (bicyclic) bond motifs is 2. The first-order valence-electron chi connectivity index (χ1n) is 19.1. The second-order valence-electron chi connectivity index (χ2n) is 15.2. The molecule has 288 valence electrons. The third-order valence-electron chi connectivity index (χ3n) is 11.6. The van der Waals surface area contributed by atoms with E-state index in [9.17, 15) is 4.79 Å². The van der Waals surface area contributed by atoms with Gasteiger partial charge in [0.25, 0.3) is 0 Å². The monoisotopic (exact) mass is 808 g/mol. The number of Topliss-reactive ketones (excluding diaryl/α,β-unsaturated/α-hetero) is 1. The lowest BCUT2D eigenvalue weighted by molar-refractivity contribution is -0.130. The number of H-pyrrole nitrogens is 2. The molecule has 6 N–H and O–H groups in total. The maximum absolute atomic E-state index is 13.7. The number of hydrogen-bond donors (Lipinski definition) is 4. The lowest BCUT2D eigenvalue weighted by Gasteiger charge is -2.41. The summed E-state index contributed by atoms with van der Waals surface area (Å²) in [7, 11) is 0. The first-order chi connectivity index (χ1) is 26.1. The van der Waals surface area contributed by atoms with Crippen LogP contribution in [0, 0.1) is 0 Å². The number of nitrogens with zero attached hydrogens (tertiary/aromatic N) is 6. The van der Waals surface area contributed by atoms with E-state index in [-0.39, 0.29) is 12.1 Å². The van der Waals surface area contributed by atoms with E-state index in [1.165, 1.54) is 0 Å². The van der Waals surface area contributed by atoms with E-state index in [0.717, 1.165) is 133 Å². The Morgan fingerprint density at radius 1 is 0.704 bits per heavy atom. The molecule has 4 aliphatic heterocycles. The molecule has 4 aromatic rings. The number of piperazine rings is 2. The van der Waals surface area contributed by atoms with Gasteiger partial charge in [-0.25, -0.2) is 0 Å². The summed E-state index contributed by atoms with van der Waals surface area (Å²) < 4.78 is 0. The summed E-state index contributed by atoms with van der Waals surface area (Å²) in [5.74, 6) is 2.33. The van der Waals surface area contributed by atoms with E-state index < -0.39 is 0 Å². The summed E-state index contributed by atoms with van der Waals surface area (Å²) in [4.78, 5) is 40.5. The highest BCUT2D eigenvalue weighted by Gasteiger charge is 2.33. The molecule has 0 spiro atoms. The molecule has 0 aliphatic carbocycles. The average molecular weight is 810 g/mol. The van der Waals surface area contributed by atoms with Gasteiger partial charge in [-0.1, -0.05) is 23.2 Å². The minimum Gasteiger partial charge on any atom is -0.397 e. The van der Waals surface area contributed by atoms with Gasteiger partial charge in [-0.15, -0.1) is 23.5 Å². The van der Waals surface area contributed by atoms with Crippen LogP contribution < -0.4 is 11.5 Å². The lowest BCUT2D eigenvalue weighted by Crippen LogP contribution is -2.57. The zero-order chi connectivity index (χ0) is 37.5. The van der Waals surface area contributed by atoms with Crippen LogP contribution in [0.1, 0.15) is 38.1 Å².